The topological polar surface area (TPSA) is 98.8 Å². The Hall–Kier alpha value is -2.87. The van der Waals surface area contributed by atoms with Gasteiger partial charge in [0.05, 0.1) is 19.3 Å². The summed E-state index contributed by atoms with van der Waals surface area (Å²) in [5, 5.41) is 15.4. The van der Waals surface area contributed by atoms with Crippen LogP contribution < -0.4 is 9.64 Å². The van der Waals surface area contributed by atoms with E-state index in [1.807, 2.05) is 36.1 Å². The van der Waals surface area contributed by atoms with E-state index in [9.17, 15) is 9.59 Å². The number of aromatic carboxylic acids is 1. The Morgan fingerprint density at radius 3 is 2.96 bits per heavy atom. The van der Waals surface area contributed by atoms with E-state index < -0.39 is 5.97 Å². The number of nitrogens with one attached hydrogen (secondary N) is 1. The monoisotopic (exact) mass is 344 g/mol. The van der Waals surface area contributed by atoms with Crippen LogP contribution in [0.5, 0.6) is 5.75 Å². The Labute approximate surface area is 145 Å². The Morgan fingerprint density at radius 1 is 1.44 bits per heavy atom. The van der Waals surface area contributed by atoms with Crippen molar-refractivity contribution in [3.05, 3.63) is 41.7 Å². The highest BCUT2D eigenvalue weighted by Gasteiger charge is 2.33. The number of carbonyl (C=O) groups excluding carboxylic acids is 1. The number of aromatic amines is 1. The molecule has 1 atom stereocenters. The second kappa shape index (κ2) is 6.94. The first-order valence-electron chi connectivity index (χ1n) is 7.96. The van der Waals surface area contributed by atoms with Gasteiger partial charge >= 0.3 is 5.97 Å². The molecule has 2 aromatic rings. The Balaban J connectivity index is 1.75. The number of H-pyrrole nitrogens is 1. The number of nitrogens with zero attached hydrogens (tertiary/aromatic N) is 3. The number of ether oxygens (including phenoxy) is 1. The average Bonchev–Trinajstić information content (AvgIpc) is 3.07. The van der Waals surface area contributed by atoms with E-state index in [1.54, 1.807) is 12.0 Å². The number of amides is 1. The zero-order valence-corrected chi connectivity index (χ0v) is 14.1. The molecule has 0 radical (unpaired) electrons. The van der Waals surface area contributed by atoms with Crippen molar-refractivity contribution in [3.8, 4) is 5.75 Å². The molecule has 3 rings (SSSR count). The van der Waals surface area contributed by atoms with Gasteiger partial charge in [0, 0.05) is 37.0 Å². The van der Waals surface area contributed by atoms with Gasteiger partial charge in [-0.15, -0.1) is 0 Å². The molecule has 1 aliphatic heterocycles. The molecule has 1 aromatic heterocycles. The molecule has 0 spiro atoms. The number of carboxylic acid groups (broad SMARTS) is 1. The largest absolute Gasteiger partial charge is 0.497 e. The number of carboxylic acids is 1. The second-order valence-electron chi connectivity index (χ2n) is 5.91. The van der Waals surface area contributed by atoms with Gasteiger partial charge in [-0.2, -0.15) is 5.10 Å². The summed E-state index contributed by atoms with van der Waals surface area (Å²) in [5.74, 6) is -0.383. The van der Waals surface area contributed by atoms with Gasteiger partial charge in [0.2, 0.25) is 5.91 Å². The molecule has 25 heavy (non-hydrogen) atoms. The Kier molecular flexibility index (Phi) is 4.71. The van der Waals surface area contributed by atoms with Crippen LogP contribution in [0.3, 0.4) is 0 Å². The van der Waals surface area contributed by atoms with Crippen molar-refractivity contribution in [1.29, 1.82) is 0 Å². The minimum atomic E-state index is -1.05. The predicted octanol–water partition coefficient (Wildman–Crippen LogP) is 1.35. The summed E-state index contributed by atoms with van der Waals surface area (Å²) in [7, 11) is 1.59. The van der Waals surface area contributed by atoms with Crippen LogP contribution in [-0.2, 0) is 11.3 Å². The minimum absolute atomic E-state index is 0.0279. The van der Waals surface area contributed by atoms with Crippen molar-refractivity contribution >= 4 is 17.6 Å². The molecular formula is C17H20N4O4. The standard InChI is InChI=1S/C17H20N4O4/c1-11-16(22)21(13-4-3-5-14(8-13)25-2)7-6-20(11)10-12-9-18-19-15(12)17(23)24/h3-5,8-9,11H,6-7,10H2,1-2H3,(H,18,19)(H,23,24)/t11-/m0/s1. The molecule has 132 valence electrons. The van der Waals surface area contributed by atoms with Crippen LogP contribution in [0.25, 0.3) is 0 Å². The smallest absolute Gasteiger partial charge is 0.354 e. The first-order chi connectivity index (χ1) is 12.0. The van der Waals surface area contributed by atoms with Crippen molar-refractivity contribution in [1.82, 2.24) is 15.1 Å². The van der Waals surface area contributed by atoms with E-state index in [2.05, 4.69) is 10.2 Å². The highest BCUT2D eigenvalue weighted by molar-refractivity contribution is 5.98. The van der Waals surface area contributed by atoms with Crippen molar-refractivity contribution in [2.45, 2.75) is 19.5 Å². The first-order valence-corrected chi connectivity index (χ1v) is 7.96. The maximum absolute atomic E-state index is 12.8. The SMILES string of the molecule is COc1cccc(N2CCN(Cc3cn[nH]c3C(=O)O)[C@@H](C)C2=O)c1. The third-order valence-electron chi connectivity index (χ3n) is 4.45. The lowest BCUT2D eigenvalue weighted by atomic mass is 10.1. The van der Waals surface area contributed by atoms with E-state index in [-0.39, 0.29) is 17.6 Å². The molecule has 0 unspecified atom stereocenters. The molecule has 8 heteroatoms. The lowest BCUT2D eigenvalue weighted by molar-refractivity contribution is -0.125. The van der Waals surface area contributed by atoms with Gasteiger partial charge in [-0.3, -0.25) is 14.8 Å². The summed E-state index contributed by atoms with van der Waals surface area (Å²) in [6.07, 6.45) is 1.50. The van der Waals surface area contributed by atoms with Crippen LogP contribution in [-0.4, -0.2) is 58.3 Å². The lowest BCUT2D eigenvalue weighted by Crippen LogP contribution is -2.55. The Bertz CT molecular complexity index is 788. The predicted molar refractivity (Wildman–Crippen MR) is 90.8 cm³/mol. The quantitative estimate of drug-likeness (QED) is 0.850. The van der Waals surface area contributed by atoms with Crippen LogP contribution in [0, 0.1) is 0 Å². The fourth-order valence-electron chi connectivity index (χ4n) is 3.00. The summed E-state index contributed by atoms with van der Waals surface area (Å²) in [6.45, 7) is 3.34. The molecule has 0 aliphatic carbocycles. The fourth-order valence-corrected chi connectivity index (χ4v) is 3.00. The third-order valence-corrected chi connectivity index (χ3v) is 4.45. The average molecular weight is 344 g/mol. The maximum atomic E-state index is 12.8. The molecular weight excluding hydrogens is 324 g/mol. The summed E-state index contributed by atoms with van der Waals surface area (Å²) in [4.78, 5) is 27.7. The molecule has 2 N–H and O–H groups in total. The lowest BCUT2D eigenvalue weighted by Gasteiger charge is -2.39. The van der Waals surface area contributed by atoms with E-state index in [1.165, 1.54) is 6.20 Å². The summed E-state index contributed by atoms with van der Waals surface area (Å²) in [5.41, 5.74) is 1.43. The van der Waals surface area contributed by atoms with Crippen molar-refractivity contribution in [2.24, 2.45) is 0 Å². The number of anilines is 1. The van der Waals surface area contributed by atoms with Gasteiger partial charge in [0.25, 0.3) is 0 Å². The normalized spacial score (nSPS) is 18.4. The van der Waals surface area contributed by atoms with Crippen LogP contribution in [0.2, 0.25) is 0 Å². The van der Waals surface area contributed by atoms with E-state index in [0.29, 0.717) is 30.9 Å². The molecule has 1 fully saturated rings. The molecule has 2 heterocycles. The van der Waals surface area contributed by atoms with E-state index in [4.69, 9.17) is 9.84 Å². The number of aromatic nitrogens is 2. The van der Waals surface area contributed by atoms with Crippen molar-refractivity contribution < 1.29 is 19.4 Å². The van der Waals surface area contributed by atoms with Crippen LogP contribution >= 0.6 is 0 Å². The van der Waals surface area contributed by atoms with E-state index in [0.717, 1.165) is 5.69 Å². The number of rotatable bonds is 5. The van der Waals surface area contributed by atoms with Gasteiger partial charge in [-0.25, -0.2) is 4.79 Å². The van der Waals surface area contributed by atoms with E-state index >= 15 is 0 Å². The molecule has 1 amide bonds. The van der Waals surface area contributed by atoms with Crippen LogP contribution in [0.15, 0.2) is 30.5 Å². The zero-order valence-electron chi connectivity index (χ0n) is 14.1. The second-order valence-corrected chi connectivity index (χ2v) is 5.91. The zero-order chi connectivity index (χ0) is 18.0. The number of methoxy groups -OCH3 is 1. The van der Waals surface area contributed by atoms with Gasteiger partial charge in [-0.05, 0) is 19.1 Å². The van der Waals surface area contributed by atoms with Crippen LogP contribution in [0.4, 0.5) is 5.69 Å². The molecule has 1 aliphatic rings. The molecule has 1 saturated heterocycles. The summed E-state index contributed by atoms with van der Waals surface area (Å²) >= 11 is 0. The van der Waals surface area contributed by atoms with Crippen molar-refractivity contribution in [2.75, 3.05) is 25.1 Å². The Morgan fingerprint density at radius 2 is 2.24 bits per heavy atom. The third kappa shape index (κ3) is 3.34. The number of carbonyl (C=O) groups is 2. The minimum Gasteiger partial charge on any atom is -0.497 e. The fraction of sp³-hybridized carbons (Fsp3) is 0.353. The number of hydrogen-bond donors (Lipinski definition) is 2. The first kappa shape index (κ1) is 17.0. The van der Waals surface area contributed by atoms with Crippen LogP contribution in [0.1, 0.15) is 23.0 Å². The summed E-state index contributed by atoms with van der Waals surface area (Å²) < 4.78 is 5.22. The number of piperazine rings is 1. The summed E-state index contributed by atoms with van der Waals surface area (Å²) in [6, 6.07) is 7.03. The molecule has 8 nitrogen and oxygen atoms in total. The van der Waals surface area contributed by atoms with Gasteiger partial charge in [-0.1, -0.05) is 6.07 Å². The van der Waals surface area contributed by atoms with Gasteiger partial charge in [0.15, 0.2) is 0 Å². The molecule has 0 saturated carbocycles. The number of benzene rings is 1. The maximum Gasteiger partial charge on any atom is 0.354 e. The molecule has 1 aromatic carbocycles. The van der Waals surface area contributed by atoms with Crippen molar-refractivity contribution in [3.63, 3.8) is 0 Å². The number of hydrogen-bond acceptors (Lipinski definition) is 5. The van der Waals surface area contributed by atoms with Gasteiger partial charge in [0.1, 0.15) is 11.4 Å². The van der Waals surface area contributed by atoms with Gasteiger partial charge < -0.3 is 14.7 Å². The highest BCUT2D eigenvalue weighted by atomic mass is 16.5. The molecule has 0 bridgehead atoms. The highest BCUT2D eigenvalue weighted by Crippen LogP contribution is 2.25.